The lowest BCUT2D eigenvalue weighted by atomic mass is 10.1. The van der Waals surface area contributed by atoms with Gasteiger partial charge in [0.25, 0.3) is 5.69 Å². The fourth-order valence-corrected chi connectivity index (χ4v) is 1.71. The van der Waals surface area contributed by atoms with Gasteiger partial charge in [-0.15, -0.1) is 0 Å². The average molecular weight is 244 g/mol. The van der Waals surface area contributed by atoms with Gasteiger partial charge in [-0.2, -0.15) is 0 Å². The van der Waals surface area contributed by atoms with Gasteiger partial charge in [0.2, 0.25) is 0 Å². The first-order chi connectivity index (χ1) is 8.65. The molecule has 2 aromatic rings. The topological polar surface area (TPSA) is 57.3 Å². The highest BCUT2D eigenvalue weighted by molar-refractivity contribution is 5.74. The molecule has 1 aromatic heterocycles. The predicted octanol–water partition coefficient (Wildman–Crippen LogP) is 3.17. The van der Waals surface area contributed by atoms with Gasteiger partial charge in [-0.1, -0.05) is 18.7 Å². The van der Waals surface area contributed by atoms with Crippen LogP contribution in [0.25, 0.3) is 17.3 Å². The van der Waals surface area contributed by atoms with Crippen LogP contribution in [0.4, 0.5) is 5.69 Å². The lowest BCUT2D eigenvalue weighted by molar-refractivity contribution is -0.384. The summed E-state index contributed by atoms with van der Waals surface area (Å²) in [6, 6.07) is 7.11. The molecule has 1 aromatic carbocycles. The maximum atomic E-state index is 11.0. The predicted molar refractivity (Wildman–Crippen MR) is 69.5 cm³/mol. The molecular weight excluding hydrogens is 232 g/mol. The Hall–Kier alpha value is -2.56. The van der Waals surface area contributed by atoms with Crippen LogP contribution in [-0.4, -0.2) is 16.6 Å². The Bertz CT molecular complexity index is 585. The molecule has 0 aliphatic rings. The number of ether oxygens (including phenoxy) is 1. The minimum Gasteiger partial charge on any atom is -0.497 e. The number of rotatable bonds is 4. The first-order valence-corrected chi connectivity index (χ1v) is 5.28. The quantitative estimate of drug-likeness (QED) is 0.613. The zero-order chi connectivity index (χ0) is 13.1. The van der Waals surface area contributed by atoms with Crippen LogP contribution < -0.4 is 4.74 Å². The van der Waals surface area contributed by atoms with Crippen molar-refractivity contribution in [3.63, 3.8) is 0 Å². The van der Waals surface area contributed by atoms with Gasteiger partial charge in [-0.3, -0.25) is 10.1 Å². The Labute approximate surface area is 104 Å². The Morgan fingerprint density at radius 2 is 2.00 bits per heavy atom. The number of nitro groups is 1. The third kappa shape index (κ3) is 2.10. The molecule has 0 fully saturated rings. The highest BCUT2D eigenvalue weighted by Crippen LogP contribution is 2.31. The second kappa shape index (κ2) is 4.75. The first kappa shape index (κ1) is 11.9. The summed E-state index contributed by atoms with van der Waals surface area (Å²) in [6.07, 6.45) is 4.62. The fourth-order valence-electron chi connectivity index (χ4n) is 1.71. The van der Waals surface area contributed by atoms with E-state index in [1.807, 2.05) is 0 Å². The highest BCUT2D eigenvalue weighted by atomic mass is 16.6. The Morgan fingerprint density at radius 3 is 2.50 bits per heavy atom. The molecule has 0 aliphatic heterocycles. The molecule has 1 heterocycles. The van der Waals surface area contributed by atoms with Crippen LogP contribution in [0.15, 0.2) is 43.2 Å². The van der Waals surface area contributed by atoms with E-state index in [4.69, 9.17) is 4.74 Å². The summed E-state index contributed by atoms with van der Waals surface area (Å²) in [4.78, 5) is 10.6. The zero-order valence-electron chi connectivity index (χ0n) is 9.87. The second-order valence-corrected chi connectivity index (χ2v) is 3.67. The van der Waals surface area contributed by atoms with Gasteiger partial charge < -0.3 is 9.30 Å². The number of hydrogen-bond acceptors (Lipinski definition) is 3. The lowest BCUT2D eigenvalue weighted by Gasteiger charge is -2.01. The molecule has 0 saturated heterocycles. The summed E-state index contributed by atoms with van der Waals surface area (Å²) >= 11 is 0. The van der Waals surface area contributed by atoms with Gasteiger partial charge in [-0.25, -0.2) is 0 Å². The molecule has 5 nitrogen and oxygen atoms in total. The van der Waals surface area contributed by atoms with Crippen molar-refractivity contribution in [2.45, 2.75) is 0 Å². The number of methoxy groups -OCH3 is 1. The van der Waals surface area contributed by atoms with E-state index >= 15 is 0 Å². The Morgan fingerprint density at radius 1 is 1.33 bits per heavy atom. The van der Waals surface area contributed by atoms with Gasteiger partial charge in [0.05, 0.1) is 23.8 Å². The summed E-state index contributed by atoms with van der Waals surface area (Å²) in [5.41, 5.74) is 1.38. The van der Waals surface area contributed by atoms with Crippen LogP contribution in [0.2, 0.25) is 0 Å². The molecule has 0 aliphatic carbocycles. The lowest BCUT2D eigenvalue weighted by Crippen LogP contribution is -1.88. The summed E-state index contributed by atoms with van der Waals surface area (Å²) in [5.74, 6) is 0.713. The molecule has 0 bridgehead atoms. The molecule has 0 N–H and O–H groups in total. The zero-order valence-corrected chi connectivity index (χ0v) is 9.87. The SMILES string of the molecule is C=Cn1cc(-c2ccc(OC)cc2)c([N+](=O)[O-])c1. The summed E-state index contributed by atoms with van der Waals surface area (Å²) < 4.78 is 6.62. The Balaban J connectivity index is 2.51. The normalized spacial score (nSPS) is 10.1. The van der Waals surface area contributed by atoms with E-state index in [1.54, 1.807) is 42.1 Å². The monoisotopic (exact) mass is 244 g/mol. The fraction of sp³-hybridized carbons (Fsp3) is 0.0769. The average Bonchev–Trinajstić information content (AvgIpc) is 2.83. The third-order valence-electron chi connectivity index (χ3n) is 2.63. The van der Waals surface area contributed by atoms with Crippen molar-refractivity contribution < 1.29 is 9.66 Å². The number of aromatic nitrogens is 1. The van der Waals surface area contributed by atoms with E-state index in [0.717, 1.165) is 5.56 Å². The number of benzene rings is 1. The second-order valence-electron chi connectivity index (χ2n) is 3.67. The van der Waals surface area contributed by atoms with E-state index in [0.29, 0.717) is 11.3 Å². The van der Waals surface area contributed by atoms with Crippen LogP contribution in [-0.2, 0) is 0 Å². The van der Waals surface area contributed by atoms with Crippen molar-refractivity contribution in [1.82, 2.24) is 4.57 Å². The van der Waals surface area contributed by atoms with Crippen LogP contribution in [0.1, 0.15) is 0 Å². The smallest absolute Gasteiger partial charge is 0.295 e. The van der Waals surface area contributed by atoms with Gasteiger partial charge >= 0.3 is 0 Å². The summed E-state index contributed by atoms with van der Waals surface area (Å²) in [5, 5.41) is 11.0. The van der Waals surface area contributed by atoms with E-state index in [2.05, 4.69) is 6.58 Å². The van der Waals surface area contributed by atoms with Crippen molar-refractivity contribution in [3.8, 4) is 16.9 Å². The summed E-state index contributed by atoms with van der Waals surface area (Å²) in [7, 11) is 1.58. The van der Waals surface area contributed by atoms with Crippen molar-refractivity contribution in [2.24, 2.45) is 0 Å². The molecule has 0 radical (unpaired) electrons. The highest BCUT2D eigenvalue weighted by Gasteiger charge is 2.17. The van der Waals surface area contributed by atoms with E-state index in [-0.39, 0.29) is 5.69 Å². The molecule has 2 rings (SSSR count). The van der Waals surface area contributed by atoms with E-state index in [1.165, 1.54) is 12.4 Å². The van der Waals surface area contributed by atoms with Crippen molar-refractivity contribution in [3.05, 3.63) is 53.4 Å². The molecule has 5 heteroatoms. The standard InChI is InChI=1S/C13H12N2O3/c1-3-14-8-12(13(9-14)15(16)17)10-4-6-11(18-2)7-5-10/h3-9H,1H2,2H3. The molecule has 0 unspecified atom stereocenters. The van der Waals surface area contributed by atoms with Crippen LogP contribution >= 0.6 is 0 Å². The van der Waals surface area contributed by atoms with E-state index in [9.17, 15) is 10.1 Å². The Kier molecular flexibility index (Phi) is 3.14. The van der Waals surface area contributed by atoms with Crippen molar-refractivity contribution >= 4 is 11.9 Å². The van der Waals surface area contributed by atoms with Crippen molar-refractivity contribution in [2.75, 3.05) is 7.11 Å². The molecule has 0 spiro atoms. The maximum absolute atomic E-state index is 11.0. The van der Waals surface area contributed by atoms with Gasteiger partial charge in [-0.05, 0) is 17.7 Å². The first-order valence-electron chi connectivity index (χ1n) is 5.28. The molecule has 0 atom stereocenters. The molecule has 0 saturated carbocycles. The number of nitrogens with zero attached hydrogens (tertiary/aromatic N) is 2. The summed E-state index contributed by atoms with van der Waals surface area (Å²) in [6.45, 7) is 3.59. The molecule has 18 heavy (non-hydrogen) atoms. The van der Waals surface area contributed by atoms with Crippen LogP contribution in [0.5, 0.6) is 5.75 Å². The minimum atomic E-state index is -0.403. The van der Waals surface area contributed by atoms with Gasteiger partial charge in [0, 0.05) is 12.4 Å². The largest absolute Gasteiger partial charge is 0.497 e. The van der Waals surface area contributed by atoms with Crippen molar-refractivity contribution in [1.29, 1.82) is 0 Å². The van der Waals surface area contributed by atoms with Crippen LogP contribution in [0, 0.1) is 10.1 Å². The molecular formula is C13H12N2O3. The minimum absolute atomic E-state index is 0.0556. The number of hydrogen-bond donors (Lipinski definition) is 0. The van der Waals surface area contributed by atoms with Crippen LogP contribution in [0.3, 0.4) is 0 Å². The van der Waals surface area contributed by atoms with Gasteiger partial charge in [0.1, 0.15) is 5.75 Å². The molecule has 0 amide bonds. The van der Waals surface area contributed by atoms with E-state index < -0.39 is 4.92 Å². The maximum Gasteiger partial charge on any atom is 0.295 e. The van der Waals surface area contributed by atoms with Gasteiger partial charge in [0.15, 0.2) is 0 Å². The molecule has 92 valence electrons. The third-order valence-corrected chi connectivity index (χ3v) is 2.63.